The molecular weight excluding hydrogens is 248 g/mol. The number of nitrogens with one attached hydrogen (secondary N) is 1. The van der Waals surface area contributed by atoms with E-state index >= 15 is 0 Å². The van der Waals surface area contributed by atoms with Crippen LogP contribution in [-0.2, 0) is 11.3 Å². The molecule has 0 radical (unpaired) electrons. The molecule has 1 aromatic carbocycles. The normalized spacial score (nSPS) is 18.0. The van der Waals surface area contributed by atoms with E-state index in [0.29, 0.717) is 5.91 Å². The van der Waals surface area contributed by atoms with Crippen molar-refractivity contribution in [3.63, 3.8) is 0 Å². The summed E-state index contributed by atoms with van der Waals surface area (Å²) >= 11 is 0. The summed E-state index contributed by atoms with van der Waals surface area (Å²) in [6, 6.07) is 10.6. The van der Waals surface area contributed by atoms with Crippen LogP contribution in [-0.4, -0.2) is 37.0 Å². The number of piperazine rings is 1. The minimum Gasteiger partial charge on any atom is -0.331 e. The van der Waals surface area contributed by atoms with E-state index < -0.39 is 0 Å². The largest absolute Gasteiger partial charge is 0.331 e. The molecule has 1 atom stereocenters. The highest BCUT2D eigenvalue weighted by molar-refractivity contribution is 5.78. The van der Waals surface area contributed by atoms with E-state index in [0.717, 1.165) is 45.6 Å². The van der Waals surface area contributed by atoms with Gasteiger partial charge in [-0.2, -0.15) is 0 Å². The Morgan fingerprint density at radius 1 is 1.25 bits per heavy atom. The van der Waals surface area contributed by atoms with E-state index in [4.69, 9.17) is 0 Å². The summed E-state index contributed by atoms with van der Waals surface area (Å²) in [5, 5.41) is 0. The molecule has 0 aliphatic carbocycles. The second kappa shape index (κ2) is 7.44. The van der Waals surface area contributed by atoms with Gasteiger partial charge in [-0.3, -0.25) is 4.79 Å². The molecule has 2 rings (SSSR count). The fourth-order valence-corrected chi connectivity index (χ4v) is 2.97. The number of hydrogen-bond acceptors (Lipinski definition) is 1. The van der Waals surface area contributed by atoms with Crippen molar-refractivity contribution in [3.05, 3.63) is 35.9 Å². The van der Waals surface area contributed by atoms with Crippen molar-refractivity contribution in [3.8, 4) is 0 Å². The van der Waals surface area contributed by atoms with Crippen LogP contribution in [0.25, 0.3) is 0 Å². The Morgan fingerprint density at radius 3 is 2.50 bits per heavy atom. The van der Waals surface area contributed by atoms with Gasteiger partial charge >= 0.3 is 0 Å². The molecule has 1 amide bonds. The van der Waals surface area contributed by atoms with Crippen molar-refractivity contribution >= 4 is 5.91 Å². The van der Waals surface area contributed by atoms with Crippen molar-refractivity contribution in [1.82, 2.24) is 4.90 Å². The molecule has 0 saturated carbocycles. The van der Waals surface area contributed by atoms with Gasteiger partial charge in [0.2, 0.25) is 5.91 Å². The fourth-order valence-electron chi connectivity index (χ4n) is 2.97. The summed E-state index contributed by atoms with van der Waals surface area (Å²) in [6.07, 6.45) is 2.10. The fraction of sp³-hybridized carbons (Fsp3) is 0.588. The molecule has 110 valence electrons. The SMILES string of the molecule is CCC[C@@H](C)C(=O)N1CC[NH+](Cc2ccccc2)CC1. The molecule has 0 bridgehead atoms. The third-order valence-electron chi connectivity index (χ3n) is 4.22. The quantitative estimate of drug-likeness (QED) is 0.862. The zero-order valence-corrected chi connectivity index (χ0v) is 12.8. The lowest BCUT2D eigenvalue weighted by Gasteiger charge is -2.33. The van der Waals surface area contributed by atoms with Crippen LogP contribution in [0.2, 0.25) is 0 Å². The Bertz CT molecular complexity index is 410. The van der Waals surface area contributed by atoms with Gasteiger partial charge in [0.1, 0.15) is 6.54 Å². The van der Waals surface area contributed by atoms with Crippen LogP contribution in [0.4, 0.5) is 0 Å². The molecule has 1 N–H and O–H groups in total. The van der Waals surface area contributed by atoms with E-state index in [1.807, 2.05) is 0 Å². The number of nitrogens with zero attached hydrogens (tertiary/aromatic N) is 1. The molecular formula is C17H27N2O+. The second-order valence-corrected chi connectivity index (χ2v) is 5.93. The maximum Gasteiger partial charge on any atom is 0.225 e. The number of carbonyl (C=O) groups is 1. The van der Waals surface area contributed by atoms with Crippen molar-refractivity contribution in [1.29, 1.82) is 0 Å². The number of hydrogen-bond donors (Lipinski definition) is 1. The Hall–Kier alpha value is -1.35. The highest BCUT2D eigenvalue weighted by Crippen LogP contribution is 2.09. The molecule has 0 spiro atoms. The van der Waals surface area contributed by atoms with Gasteiger partial charge < -0.3 is 9.80 Å². The lowest BCUT2D eigenvalue weighted by atomic mass is 10.0. The highest BCUT2D eigenvalue weighted by Gasteiger charge is 2.26. The van der Waals surface area contributed by atoms with Gasteiger partial charge in [0.15, 0.2) is 0 Å². The number of quaternary nitrogens is 1. The molecule has 20 heavy (non-hydrogen) atoms. The van der Waals surface area contributed by atoms with Crippen LogP contribution in [0, 0.1) is 5.92 Å². The minimum atomic E-state index is 0.190. The lowest BCUT2D eigenvalue weighted by Crippen LogP contribution is -3.13. The molecule has 3 nitrogen and oxygen atoms in total. The Labute approximate surface area is 122 Å². The molecule has 1 aliphatic rings. The zero-order valence-electron chi connectivity index (χ0n) is 12.8. The first-order valence-electron chi connectivity index (χ1n) is 7.87. The second-order valence-electron chi connectivity index (χ2n) is 5.93. The van der Waals surface area contributed by atoms with Gasteiger partial charge in [-0.15, -0.1) is 0 Å². The van der Waals surface area contributed by atoms with Gasteiger partial charge in [-0.1, -0.05) is 50.6 Å². The van der Waals surface area contributed by atoms with Crippen LogP contribution < -0.4 is 4.90 Å². The van der Waals surface area contributed by atoms with Crippen molar-refractivity contribution in [2.75, 3.05) is 26.2 Å². The Kier molecular flexibility index (Phi) is 5.60. The van der Waals surface area contributed by atoms with Crippen molar-refractivity contribution in [2.24, 2.45) is 5.92 Å². The maximum absolute atomic E-state index is 12.3. The van der Waals surface area contributed by atoms with Crippen LogP contribution >= 0.6 is 0 Å². The van der Waals surface area contributed by atoms with E-state index in [1.54, 1.807) is 4.90 Å². The highest BCUT2D eigenvalue weighted by atomic mass is 16.2. The number of amides is 1. The summed E-state index contributed by atoms with van der Waals surface area (Å²) in [5.41, 5.74) is 1.39. The van der Waals surface area contributed by atoms with Gasteiger partial charge in [0.25, 0.3) is 0 Å². The molecule has 1 aromatic rings. The maximum atomic E-state index is 12.3. The van der Waals surface area contributed by atoms with Gasteiger partial charge in [0.05, 0.1) is 26.2 Å². The number of benzene rings is 1. The summed E-state index contributed by atoms with van der Waals surface area (Å²) in [5.74, 6) is 0.543. The summed E-state index contributed by atoms with van der Waals surface area (Å²) in [7, 11) is 0. The Balaban J connectivity index is 1.79. The van der Waals surface area contributed by atoms with Crippen LogP contribution in [0.5, 0.6) is 0 Å². The van der Waals surface area contributed by atoms with Crippen LogP contribution in [0.15, 0.2) is 30.3 Å². The third-order valence-corrected chi connectivity index (χ3v) is 4.22. The van der Waals surface area contributed by atoms with E-state index in [2.05, 4.69) is 49.1 Å². The first-order chi connectivity index (χ1) is 9.70. The predicted molar refractivity (Wildman–Crippen MR) is 81.5 cm³/mol. The number of carbonyl (C=O) groups excluding carboxylic acids is 1. The van der Waals surface area contributed by atoms with Crippen LogP contribution in [0.3, 0.4) is 0 Å². The zero-order chi connectivity index (χ0) is 14.4. The molecule has 3 heteroatoms. The summed E-state index contributed by atoms with van der Waals surface area (Å²) in [4.78, 5) is 15.9. The molecule has 1 saturated heterocycles. The average molecular weight is 275 g/mol. The molecule has 1 heterocycles. The minimum absolute atomic E-state index is 0.190. The van der Waals surface area contributed by atoms with Crippen molar-refractivity contribution in [2.45, 2.75) is 33.2 Å². The van der Waals surface area contributed by atoms with Gasteiger partial charge in [-0.25, -0.2) is 0 Å². The Morgan fingerprint density at radius 2 is 1.90 bits per heavy atom. The molecule has 1 aliphatic heterocycles. The predicted octanol–water partition coefficient (Wildman–Crippen LogP) is 1.35. The third kappa shape index (κ3) is 4.07. The van der Waals surface area contributed by atoms with Crippen molar-refractivity contribution < 1.29 is 9.69 Å². The molecule has 0 unspecified atom stereocenters. The first kappa shape index (κ1) is 15.0. The smallest absolute Gasteiger partial charge is 0.225 e. The monoisotopic (exact) mass is 275 g/mol. The topological polar surface area (TPSA) is 24.8 Å². The number of rotatable bonds is 5. The molecule has 1 fully saturated rings. The van der Waals surface area contributed by atoms with E-state index in [-0.39, 0.29) is 5.92 Å². The van der Waals surface area contributed by atoms with E-state index in [1.165, 1.54) is 5.56 Å². The summed E-state index contributed by atoms with van der Waals surface area (Å²) < 4.78 is 0. The molecule has 0 aromatic heterocycles. The average Bonchev–Trinajstić information content (AvgIpc) is 2.48. The van der Waals surface area contributed by atoms with Gasteiger partial charge in [0, 0.05) is 11.5 Å². The van der Waals surface area contributed by atoms with E-state index in [9.17, 15) is 4.79 Å². The van der Waals surface area contributed by atoms with Gasteiger partial charge in [-0.05, 0) is 6.42 Å². The van der Waals surface area contributed by atoms with Crippen LogP contribution in [0.1, 0.15) is 32.3 Å². The summed E-state index contributed by atoms with van der Waals surface area (Å²) in [6.45, 7) is 9.25. The first-order valence-corrected chi connectivity index (χ1v) is 7.87. The standard InChI is InChI=1S/C17H26N2O/c1-3-7-15(2)17(20)19-12-10-18(11-13-19)14-16-8-5-4-6-9-16/h4-6,8-9,15H,3,7,10-14H2,1-2H3/p+1/t15-/m1/s1. The lowest BCUT2D eigenvalue weighted by molar-refractivity contribution is -0.917.